The van der Waals surface area contributed by atoms with Crippen molar-refractivity contribution in [2.75, 3.05) is 19.7 Å². The van der Waals surface area contributed by atoms with E-state index in [0.29, 0.717) is 16.7 Å². The smallest absolute Gasteiger partial charge is 0.246 e. The van der Waals surface area contributed by atoms with Crippen LogP contribution in [0.1, 0.15) is 108 Å². The predicted molar refractivity (Wildman–Crippen MR) is 362 cm³/mol. The molecule has 554 valence electrons. The molecule has 0 bridgehead atoms. The van der Waals surface area contributed by atoms with Crippen molar-refractivity contribution < 1.29 is 87.8 Å². The lowest BCUT2D eigenvalue weighted by atomic mass is 9.98. The van der Waals surface area contributed by atoms with Gasteiger partial charge in [-0.2, -0.15) is 0 Å². The summed E-state index contributed by atoms with van der Waals surface area (Å²) in [5.41, 5.74) is 18.4. The van der Waals surface area contributed by atoms with Crippen LogP contribution in [-0.4, -0.2) is 221 Å². The number of fused-ring (bicyclic) bond motifs is 1. The molecule has 3 aliphatic heterocycles. The molecule has 0 saturated carbocycles. The van der Waals surface area contributed by atoms with Gasteiger partial charge in [0.2, 0.25) is 70.9 Å². The minimum Gasteiger partial charge on any atom is -0.508 e. The number of hydrogen-bond donors (Lipinski definition) is 17. The highest BCUT2D eigenvalue weighted by molar-refractivity contribution is 6.01. The third-order valence-corrected chi connectivity index (χ3v) is 17.7. The maximum atomic E-state index is 15.2. The summed E-state index contributed by atoms with van der Waals surface area (Å²) in [6, 6.07) is 6.61. The van der Waals surface area contributed by atoms with Gasteiger partial charge in [-0.3, -0.25) is 57.5 Å². The van der Waals surface area contributed by atoms with Gasteiger partial charge in [0.15, 0.2) is 6.23 Å². The average Bonchev–Trinajstić information content (AvgIpc) is 1.44. The molecule has 15 atom stereocenters. The summed E-state index contributed by atoms with van der Waals surface area (Å²) >= 11 is 0. The number of aliphatic hydroxyl groups is 4. The van der Waals surface area contributed by atoms with E-state index in [1.165, 1.54) is 29.2 Å². The van der Waals surface area contributed by atoms with E-state index >= 15 is 14.4 Å². The van der Waals surface area contributed by atoms with Gasteiger partial charge in [0.1, 0.15) is 90.6 Å². The van der Waals surface area contributed by atoms with Gasteiger partial charge in [-0.15, -0.1) is 5.10 Å². The Morgan fingerprint density at radius 3 is 1.60 bits per heavy atom. The highest BCUT2D eigenvalue weighted by atomic mass is 16.6. The van der Waals surface area contributed by atoms with E-state index in [1.807, 2.05) is 0 Å². The number of ether oxygens (including phenoxy) is 1. The summed E-state index contributed by atoms with van der Waals surface area (Å²) in [4.78, 5) is 175. The van der Waals surface area contributed by atoms with Gasteiger partial charge >= 0.3 is 0 Å². The van der Waals surface area contributed by atoms with Crippen LogP contribution in [0.25, 0.3) is 0 Å². The number of amides is 12. The number of nitrogens with two attached hydrogens (primary N) is 3. The topological polar surface area (TPSA) is 536 Å². The first-order chi connectivity index (χ1) is 48.5. The Balaban J connectivity index is 1.34. The zero-order chi connectivity index (χ0) is 74.5. The highest BCUT2D eigenvalue weighted by Gasteiger charge is 2.46. The van der Waals surface area contributed by atoms with Crippen LogP contribution in [0.5, 0.6) is 5.75 Å². The van der Waals surface area contributed by atoms with Crippen molar-refractivity contribution in [1.82, 2.24) is 67.7 Å². The van der Waals surface area contributed by atoms with E-state index in [9.17, 15) is 68.7 Å². The second kappa shape index (κ2) is 37.6. The largest absolute Gasteiger partial charge is 0.508 e. The number of phenols is 1. The minimum absolute atomic E-state index is 0.00185. The average molecular weight is 1420 g/mol. The minimum atomic E-state index is -2.03. The zero-order valence-electron chi connectivity index (χ0n) is 57.1. The van der Waals surface area contributed by atoms with Gasteiger partial charge in [0, 0.05) is 38.6 Å². The molecular weight excluding hydrogens is 1330 g/mol. The number of hydrogen-bond acceptors (Lipinski definition) is 21. The summed E-state index contributed by atoms with van der Waals surface area (Å²) in [6.07, 6.45) is -10.4. The molecule has 3 fully saturated rings. The van der Waals surface area contributed by atoms with Gasteiger partial charge in [0.05, 0.1) is 24.9 Å². The summed E-state index contributed by atoms with van der Waals surface area (Å²) < 4.78 is 6.55. The molecule has 7 rings (SSSR count). The lowest BCUT2D eigenvalue weighted by Gasteiger charge is -2.39. The fourth-order valence-electron chi connectivity index (χ4n) is 12.2. The molecular formula is C68H94N16O18. The maximum absolute atomic E-state index is 15.2. The van der Waals surface area contributed by atoms with E-state index in [4.69, 9.17) is 21.9 Å². The molecule has 3 aromatic carbocycles. The standard InChI is InChI=1S/C68H94N16O18/c1-35(2)27-44-60(94)79-49(30-38-15-9-6-10-16-38)67(101)83-26-12-18-50(83)65(99)78-45(28-37-13-7-5-8-14-37)61(95)76-47(31-40-33-84(82-81-40)68-57(91)56(90)55(89)51(34-85)102-68)62(96)77-48(32-53(71)88)63(97)72-43(23-24-52(70)87)59(93)75-46(29-39-19-21-41(86)22-20-39)64(98)80-54(36(3)4)66(100)73-42(17-11-25-69)58(92)74-44/h5-10,13-16,19-22,33,35-36,42-51,54-57,68,85-86,89-91H,11-12,17-18,23-32,34,69H2,1-4H3,(H2,70,87)(H2,71,88)(H,72,97)(H,73,100)(H,74,92)(H,75,93)(H,76,95)(H,77,96)(H,78,99)(H,79,94)(H,80,98)/t42-,43-,44-,45-,46-,47+,48-,49+,50-,51+,54-,55+,56-,57+,68+/m0/s1. The van der Waals surface area contributed by atoms with Crippen LogP contribution in [0, 0.1) is 11.8 Å². The normalized spacial score (nSPS) is 27.4. The Labute approximate surface area is 588 Å². The third kappa shape index (κ3) is 22.5. The lowest BCUT2D eigenvalue weighted by molar-refractivity contribution is -0.254. The fraction of sp³-hybridized carbons (Fsp3) is 0.529. The van der Waals surface area contributed by atoms with Gasteiger partial charge < -0.3 is 100 Å². The Kier molecular flexibility index (Phi) is 29.2. The van der Waals surface area contributed by atoms with Crippen LogP contribution in [0.4, 0.5) is 0 Å². The van der Waals surface area contributed by atoms with Gasteiger partial charge in [0.25, 0.3) is 0 Å². The van der Waals surface area contributed by atoms with Crippen molar-refractivity contribution in [1.29, 1.82) is 0 Å². The molecule has 0 unspecified atom stereocenters. The molecule has 3 saturated heterocycles. The molecule has 34 heteroatoms. The Hall–Kier alpha value is -10.0. The quantitative estimate of drug-likeness (QED) is 0.0372. The number of nitrogens with zero attached hydrogens (tertiary/aromatic N) is 4. The number of phenolic OH excluding ortho intramolecular Hbond substituents is 1. The van der Waals surface area contributed by atoms with E-state index in [0.717, 1.165) is 10.9 Å². The summed E-state index contributed by atoms with van der Waals surface area (Å²) in [5, 5.41) is 84.0. The van der Waals surface area contributed by atoms with Gasteiger partial charge in [-0.1, -0.05) is 106 Å². The molecule has 102 heavy (non-hydrogen) atoms. The summed E-state index contributed by atoms with van der Waals surface area (Å²) in [7, 11) is 0. The molecule has 4 aromatic rings. The Morgan fingerprint density at radius 2 is 1.04 bits per heavy atom. The highest BCUT2D eigenvalue weighted by Crippen LogP contribution is 2.28. The van der Waals surface area contributed by atoms with E-state index in [-0.39, 0.29) is 81.8 Å². The monoisotopic (exact) mass is 1420 g/mol. The van der Waals surface area contributed by atoms with Crippen LogP contribution in [0.15, 0.2) is 91.1 Å². The Morgan fingerprint density at radius 1 is 0.559 bits per heavy atom. The third-order valence-electron chi connectivity index (χ3n) is 17.7. The molecule has 1 aromatic heterocycles. The van der Waals surface area contributed by atoms with Crippen molar-refractivity contribution in [3.05, 3.63) is 114 Å². The Bertz CT molecular complexity index is 3570. The second-order valence-corrected chi connectivity index (χ2v) is 26.5. The molecule has 4 heterocycles. The number of carbonyl (C=O) groups excluding carboxylic acids is 12. The fourth-order valence-corrected chi connectivity index (χ4v) is 12.2. The van der Waals surface area contributed by atoms with Crippen LogP contribution >= 0.6 is 0 Å². The molecule has 34 nitrogen and oxygen atoms in total. The first-order valence-corrected chi connectivity index (χ1v) is 33.9. The van der Waals surface area contributed by atoms with Crippen molar-refractivity contribution in [3.8, 4) is 5.75 Å². The maximum Gasteiger partial charge on any atom is 0.246 e. The molecule has 3 aliphatic rings. The number of nitrogens with one attached hydrogen (secondary N) is 9. The van der Waals surface area contributed by atoms with Crippen LogP contribution in [0.2, 0.25) is 0 Å². The summed E-state index contributed by atoms with van der Waals surface area (Å²) in [5.74, 6) is -13.1. The number of aromatic hydroxyl groups is 1. The van der Waals surface area contributed by atoms with Gasteiger partial charge in [-0.25, -0.2) is 4.68 Å². The molecule has 0 radical (unpaired) electrons. The van der Waals surface area contributed by atoms with E-state index in [1.54, 1.807) is 88.4 Å². The number of aromatic nitrogens is 3. The number of benzene rings is 3. The van der Waals surface area contributed by atoms with Crippen LogP contribution in [-0.2, 0) is 88.0 Å². The van der Waals surface area contributed by atoms with Crippen molar-refractivity contribution in [3.63, 3.8) is 0 Å². The molecule has 0 spiro atoms. The lowest BCUT2D eigenvalue weighted by Crippen LogP contribution is -2.62. The van der Waals surface area contributed by atoms with E-state index in [2.05, 4.69) is 58.2 Å². The van der Waals surface area contributed by atoms with Crippen molar-refractivity contribution in [2.24, 2.45) is 29.0 Å². The number of aliphatic hydroxyl groups excluding tert-OH is 4. The molecule has 0 aliphatic carbocycles. The number of carbonyl (C=O) groups is 12. The van der Waals surface area contributed by atoms with Gasteiger partial charge in [-0.05, 0) is 85.7 Å². The molecule has 20 N–H and O–H groups in total. The van der Waals surface area contributed by atoms with Crippen molar-refractivity contribution >= 4 is 70.9 Å². The zero-order valence-corrected chi connectivity index (χ0v) is 57.1. The van der Waals surface area contributed by atoms with Crippen LogP contribution in [0.3, 0.4) is 0 Å². The first-order valence-electron chi connectivity index (χ1n) is 33.9. The predicted octanol–water partition coefficient (Wildman–Crippen LogP) is -4.82. The second-order valence-electron chi connectivity index (χ2n) is 26.5. The SMILES string of the molecule is CC(C)C[C@@H]1NC(=O)[C@H](CCCN)NC(=O)[C@H](C(C)C)NC(=O)[C@H](Cc2ccc(O)cc2)NC(=O)[C@H](CCC(N)=O)NC(=O)[C@H](CC(N)=O)NC(=O)[C@@H](Cc2cn([C@@H]3O[C@H](CO)[C@@H](O)[C@H](O)[C@H]3O)nn2)NC(=O)[C@H](Cc2ccccc2)NC(=O)[C@@H]2CCCN2C(=O)[C@@H](Cc2ccccc2)NC1=O. The number of primary amides is 2. The molecule has 12 amide bonds. The van der Waals surface area contributed by atoms with E-state index < -0.39 is 200 Å². The van der Waals surface area contributed by atoms with Crippen LogP contribution < -0.4 is 65.1 Å². The first kappa shape index (κ1) is 79.3. The summed E-state index contributed by atoms with van der Waals surface area (Å²) in [6.45, 7) is 6.01. The van der Waals surface area contributed by atoms with Crippen molar-refractivity contribution in [2.45, 2.75) is 196 Å². The number of rotatable bonds is 21.